The summed E-state index contributed by atoms with van der Waals surface area (Å²) in [5, 5.41) is 2.87. The number of benzene rings is 1. The third-order valence-electron chi connectivity index (χ3n) is 4.85. The number of pyridine rings is 1. The molecule has 0 bridgehead atoms. The summed E-state index contributed by atoms with van der Waals surface area (Å²) >= 11 is 0. The van der Waals surface area contributed by atoms with Crippen molar-refractivity contribution in [2.24, 2.45) is 0 Å². The van der Waals surface area contributed by atoms with Crippen LogP contribution in [-0.2, 0) is 6.42 Å². The Bertz CT molecular complexity index is 771. The molecule has 2 amide bonds. The van der Waals surface area contributed by atoms with Gasteiger partial charge in [0.25, 0.3) is 11.8 Å². The molecule has 1 aliphatic heterocycles. The van der Waals surface area contributed by atoms with E-state index in [1.165, 1.54) is 5.56 Å². The summed E-state index contributed by atoms with van der Waals surface area (Å²) in [5.74, 6) is -0.360. The van der Waals surface area contributed by atoms with Crippen molar-refractivity contribution in [3.63, 3.8) is 0 Å². The van der Waals surface area contributed by atoms with Gasteiger partial charge in [-0.15, -0.1) is 0 Å². The van der Waals surface area contributed by atoms with Gasteiger partial charge in [-0.2, -0.15) is 0 Å². The molecule has 0 saturated carbocycles. The minimum absolute atomic E-state index is 0.107. The lowest BCUT2D eigenvalue weighted by molar-refractivity contribution is 0.0637. The monoisotopic (exact) mass is 366 g/mol. The van der Waals surface area contributed by atoms with Crippen molar-refractivity contribution in [1.82, 2.24) is 20.1 Å². The fourth-order valence-corrected chi connectivity index (χ4v) is 3.17. The Balaban J connectivity index is 1.56. The van der Waals surface area contributed by atoms with Crippen LogP contribution in [-0.4, -0.2) is 65.9 Å². The molecule has 1 N–H and O–H groups in total. The number of rotatable bonds is 6. The Morgan fingerprint density at radius 3 is 2.37 bits per heavy atom. The second-order valence-corrected chi connectivity index (χ2v) is 6.63. The lowest BCUT2D eigenvalue weighted by Gasteiger charge is -2.33. The number of nitrogens with one attached hydrogen (secondary N) is 1. The van der Waals surface area contributed by atoms with Gasteiger partial charge in [-0.05, 0) is 30.7 Å². The van der Waals surface area contributed by atoms with Crippen molar-refractivity contribution in [2.75, 3.05) is 39.3 Å². The summed E-state index contributed by atoms with van der Waals surface area (Å²) in [7, 11) is 0. The van der Waals surface area contributed by atoms with Crippen molar-refractivity contribution in [3.8, 4) is 0 Å². The predicted octanol–water partition coefficient (Wildman–Crippen LogP) is 1.83. The van der Waals surface area contributed by atoms with Crippen molar-refractivity contribution in [1.29, 1.82) is 0 Å². The van der Waals surface area contributed by atoms with E-state index in [9.17, 15) is 9.59 Å². The Morgan fingerprint density at radius 1 is 0.963 bits per heavy atom. The van der Waals surface area contributed by atoms with E-state index in [2.05, 4.69) is 22.1 Å². The highest BCUT2D eigenvalue weighted by Gasteiger charge is 2.22. The lowest BCUT2D eigenvalue weighted by Crippen LogP contribution is -2.48. The highest BCUT2D eigenvalue weighted by molar-refractivity contribution is 5.96. The smallest absolute Gasteiger partial charge is 0.272 e. The van der Waals surface area contributed by atoms with Gasteiger partial charge in [-0.3, -0.25) is 9.59 Å². The average molecular weight is 366 g/mol. The van der Waals surface area contributed by atoms with Gasteiger partial charge >= 0.3 is 0 Å². The highest BCUT2D eigenvalue weighted by atomic mass is 16.2. The maximum atomic E-state index is 12.7. The van der Waals surface area contributed by atoms with Gasteiger partial charge in [0.05, 0.1) is 0 Å². The summed E-state index contributed by atoms with van der Waals surface area (Å²) in [6.45, 7) is 6.80. The molecule has 1 fully saturated rings. The van der Waals surface area contributed by atoms with Crippen molar-refractivity contribution in [2.45, 2.75) is 13.3 Å². The van der Waals surface area contributed by atoms with Gasteiger partial charge in [-0.1, -0.05) is 43.3 Å². The third kappa shape index (κ3) is 5.14. The quantitative estimate of drug-likeness (QED) is 0.847. The molecule has 0 atom stereocenters. The maximum absolute atomic E-state index is 12.7. The number of piperazine rings is 1. The van der Waals surface area contributed by atoms with Crippen LogP contribution >= 0.6 is 0 Å². The molecule has 1 aromatic carbocycles. The van der Waals surface area contributed by atoms with Crippen molar-refractivity contribution < 1.29 is 9.59 Å². The average Bonchev–Trinajstić information content (AvgIpc) is 2.74. The molecule has 1 aromatic heterocycles. The molecule has 1 aliphatic rings. The molecule has 2 heterocycles. The molecular weight excluding hydrogens is 340 g/mol. The second kappa shape index (κ2) is 9.28. The van der Waals surface area contributed by atoms with E-state index >= 15 is 0 Å². The topological polar surface area (TPSA) is 65.5 Å². The van der Waals surface area contributed by atoms with Crippen LogP contribution in [0.4, 0.5) is 0 Å². The van der Waals surface area contributed by atoms with E-state index in [-0.39, 0.29) is 17.5 Å². The van der Waals surface area contributed by atoms with Crippen LogP contribution in [0.15, 0.2) is 48.5 Å². The third-order valence-corrected chi connectivity index (χ3v) is 4.85. The molecule has 0 radical (unpaired) electrons. The normalized spacial score (nSPS) is 14.8. The Kier molecular flexibility index (Phi) is 6.54. The number of aromatic nitrogens is 1. The first kappa shape index (κ1) is 19.0. The number of nitrogens with zero attached hydrogens (tertiary/aromatic N) is 3. The van der Waals surface area contributed by atoms with Crippen LogP contribution in [0.5, 0.6) is 0 Å². The van der Waals surface area contributed by atoms with Gasteiger partial charge in [0.1, 0.15) is 11.4 Å². The zero-order valence-corrected chi connectivity index (χ0v) is 15.7. The number of hydrogen-bond acceptors (Lipinski definition) is 4. The van der Waals surface area contributed by atoms with E-state index in [4.69, 9.17) is 0 Å². The van der Waals surface area contributed by atoms with E-state index in [1.807, 2.05) is 35.2 Å². The summed E-state index contributed by atoms with van der Waals surface area (Å²) in [4.78, 5) is 33.5. The number of amides is 2. The second-order valence-electron chi connectivity index (χ2n) is 6.63. The fraction of sp³-hybridized carbons (Fsp3) is 0.381. The lowest BCUT2D eigenvalue weighted by atomic mass is 10.1. The molecule has 6 heteroatoms. The van der Waals surface area contributed by atoms with E-state index in [0.29, 0.717) is 25.3 Å². The summed E-state index contributed by atoms with van der Waals surface area (Å²) in [5.41, 5.74) is 1.78. The molecule has 27 heavy (non-hydrogen) atoms. The molecule has 142 valence electrons. The van der Waals surface area contributed by atoms with E-state index in [1.54, 1.807) is 18.2 Å². The highest BCUT2D eigenvalue weighted by Crippen LogP contribution is 2.08. The molecule has 0 unspecified atom stereocenters. The van der Waals surface area contributed by atoms with Crippen LogP contribution in [0.3, 0.4) is 0 Å². The van der Waals surface area contributed by atoms with Crippen LogP contribution < -0.4 is 5.32 Å². The van der Waals surface area contributed by atoms with Crippen LogP contribution in [0.1, 0.15) is 33.5 Å². The maximum Gasteiger partial charge on any atom is 0.272 e. The van der Waals surface area contributed by atoms with Crippen molar-refractivity contribution in [3.05, 3.63) is 65.5 Å². The van der Waals surface area contributed by atoms with Crippen molar-refractivity contribution >= 4 is 11.8 Å². The number of carbonyl (C=O) groups is 2. The van der Waals surface area contributed by atoms with Gasteiger partial charge in [0, 0.05) is 32.7 Å². The molecular formula is C21H26N4O2. The van der Waals surface area contributed by atoms with Crippen LogP contribution in [0.2, 0.25) is 0 Å². The fourth-order valence-electron chi connectivity index (χ4n) is 3.17. The first-order chi connectivity index (χ1) is 13.2. The van der Waals surface area contributed by atoms with E-state index in [0.717, 1.165) is 26.1 Å². The molecule has 6 nitrogen and oxygen atoms in total. The zero-order chi connectivity index (χ0) is 19.1. The number of likely N-dealkylation sites (N-methyl/N-ethyl adjacent to an activating group) is 1. The molecule has 2 aromatic rings. The zero-order valence-electron chi connectivity index (χ0n) is 15.7. The Labute approximate surface area is 160 Å². The Hall–Kier alpha value is -2.73. The molecule has 1 saturated heterocycles. The predicted molar refractivity (Wildman–Crippen MR) is 105 cm³/mol. The summed E-state index contributed by atoms with van der Waals surface area (Å²) in [6, 6.07) is 15.0. The summed E-state index contributed by atoms with van der Waals surface area (Å²) < 4.78 is 0. The first-order valence-corrected chi connectivity index (χ1v) is 9.48. The largest absolute Gasteiger partial charge is 0.350 e. The molecule has 3 rings (SSSR count). The summed E-state index contributed by atoms with van der Waals surface area (Å²) in [6.07, 6.45) is 0.757. The van der Waals surface area contributed by atoms with E-state index < -0.39 is 0 Å². The minimum atomic E-state index is -0.253. The van der Waals surface area contributed by atoms with Crippen LogP contribution in [0, 0.1) is 0 Å². The number of carbonyl (C=O) groups excluding carboxylic acids is 2. The molecule has 0 spiro atoms. The Morgan fingerprint density at radius 2 is 1.67 bits per heavy atom. The first-order valence-electron chi connectivity index (χ1n) is 9.48. The van der Waals surface area contributed by atoms with Gasteiger partial charge in [-0.25, -0.2) is 4.98 Å². The van der Waals surface area contributed by atoms with Gasteiger partial charge in [0.2, 0.25) is 0 Å². The van der Waals surface area contributed by atoms with Gasteiger partial charge in [0.15, 0.2) is 0 Å². The number of hydrogen-bond donors (Lipinski definition) is 1. The van der Waals surface area contributed by atoms with Gasteiger partial charge < -0.3 is 15.1 Å². The molecule has 0 aliphatic carbocycles. The standard InChI is InChI=1S/C21H26N4O2/c1-2-24-13-15-25(16-14-24)21(27)19-10-6-9-18(23-19)20(26)22-12-11-17-7-4-3-5-8-17/h3-10H,2,11-16H2,1H3,(H,22,26). The minimum Gasteiger partial charge on any atom is -0.350 e. The van der Waals surface area contributed by atoms with Crippen LogP contribution in [0.25, 0.3) is 0 Å². The SMILES string of the molecule is CCN1CCN(C(=O)c2cccc(C(=O)NCCc3ccccc3)n2)CC1.